The Labute approximate surface area is 140 Å². The van der Waals surface area contributed by atoms with E-state index in [4.69, 9.17) is 9.47 Å². The van der Waals surface area contributed by atoms with E-state index in [0.717, 1.165) is 24.0 Å². The number of hydrogen-bond donors (Lipinski definition) is 0. The number of halogens is 1. The van der Waals surface area contributed by atoms with E-state index in [9.17, 15) is 4.79 Å². The van der Waals surface area contributed by atoms with Crippen LogP contribution < -0.4 is 4.74 Å². The minimum Gasteiger partial charge on any atom is -0.477 e. The monoisotopic (exact) mass is 370 g/mol. The van der Waals surface area contributed by atoms with E-state index in [1.54, 1.807) is 4.90 Å². The van der Waals surface area contributed by atoms with Gasteiger partial charge < -0.3 is 14.4 Å². The Balaban J connectivity index is 1.84. The second kappa shape index (κ2) is 7.31. The average molecular weight is 371 g/mol. The Bertz CT molecular complexity index is 516. The summed E-state index contributed by atoms with van der Waals surface area (Å²) < 4.78 is 11.9. The molecule has 22 heavy (non-hydrogen) atoms. The summed E-state index contributed by atoms with van der Waals surface area (Å²) >= 11 is 3.32. The van der Waals surface area contributed by atoms with Crippen LogP contribution in [0, 0.1) is 5.92 Å². The van der Waals surface area contributed by atoms with Crippen LogP contribution in [0.15, 0.2) is 22.8 Å². The quantitative estimate of drug-likeness (QED) is 0.757. The first-order valence-corrected chi connectivity index (χ1v) is 8.36. The molecule has 1 fully saturated rings. The number of nitrogens with zero attached hydrogens (tertiary/aromatic N) is 2. The van der Waals surface area contributed by atoms with E-state index in [-0.39, 0.29) is 6.09 Å². The van der Waals surface area contributed by atoms with Gasteiger partial charge >= 0.3 is 6.09 Å². The Morgan fingerprint density at radius 2 is 2.23 bits per heavy atom. The highest BCUT2D eigenvalue weighted by molar-refractivity contribution is 9.10. The van der Waals surface area contributed by atoms with E-state index in [1.807, 2.05) is 39.0 Å². The molecule has 5 nitrogen and oxygen atoms in total. The molecule has 2 heterocycles. The van der Waals surface area contributed by atoms with Gasteiger partial charge in [-0.2, -0.15) is 0 Å². The molecule has 0 saturated carbocycles. The lowest BCUT2D eigenvalue weighted by atomic mass is 9.99. The summed E-state index contributed by atoms with van der Waals surface area (Å²) in [6, 6.07) is 5.58. The van der Waals surface area contributed by atoms with Crippen LogP contribution in [0.2, 0.25) is 0 Å². The molecule has 1 amide bonds. The maximum Gasteiger partial charge on any atom is 0.410 e. The zero-order valence-corrected chi connectivity index (χ0v) is 14.9. The number of carbonyl (C=O) groups is 1. The maximum absolute atomic E-state index is 12.1. The topological polar surface area (TPSA) is 51.7 Å². The van der Waals surface area contributed by atoms with Crippen LogP contribution in [0.5, 0.6) is 5.88 Å². The van der Waals surface area contributed by atoms with Crippen molar-refractivity contribution in [3.8, 4) is 5.88 Å². The highest BCUT2D eigenvalue weighted by Gasteiger charge is 2.27. The zero-order chi connectivity index (χ0) is 16.2. The van der Waals surface area contributed by atoms with Crippen molar-refractivity contribution in [3.05, 3.63) is 22.8 Å². The normalized spacial score (nSPS) is 18.9. The molecule has 0 unspecified atom stereocenters. The first-order chi connectivity index (χ1) is 10.3. The predicted molar refractivity (Wildman–Crippen MR) is 88.0 cm³/mol. The Hall–Kier alpha value is -1.30. The Kier molecular flexibility index (Phi) is 5.67. The van der Waals surface area contributed by atoms with Crippen LogP contribution in [-0.2, 0) is 4.74 Å². The molecule has 1 atom stereocenters. The molecule has 0 N–H and O–H groups in total. The molecular formula is C16H23BrN2O3. The van der Waals surface area contributed by atoms with Crippen LogP contribution in [-0.4, -0.2) is 41.3 Å². The lowest BCUT2D eigenvalue weighted by molar-refractivity contribution is 0.0138. The maximum atomic E-state index is 12.1. The number of carbonyl (C=O) groups excluding carboxylic acids is 1. The Morgan fingerprint density at radius 1 is 1.45 bits per heavy atom. The summed E-state index contributed by atoms with van der Waals surface area (Å²) in [6.07, 6.45) is 1.78. The largest absolute Gasteiger partial charge is 0.477 e. The summed E-state index contributed by atoms with van der Waals surface area (Å²) in [5, 5.41) is 0. The third-order valence-corrected chi connectivity index (χ3v) is 3.77. The van der Waals surface area contributed by atoms with Crippen molar-refractivity contribution in [2.75, 3.05) is 19.7 Å². The van der Waals surface area contributed by atoms with E-state index < -0.39 is 5.60 Å². The number of hydrogen-bond acceptors (Lipinski definition) is 4. The second-order valence-corrected chi connectivity index (χ2v) is 7.36. The number of piperidine rings is 1. The predicted octanol–water partition coefficient (Wildman–Crippen LogP) is 3.87. The fourth-order valence-corrected chi connectivity index (χ4v) is 2.69. The van der Waals surface area contributed by atoms with Gasteiger partial charge in [-0.1, -0.05) is 6.07 Å². The van der Waals surface area contributed by atoms with Crippen molar-refractivity contribution >= 4 is 22.0 Å². The van der Waals surface area contributed by atoms with Gasteiger partial charge in [-0.15, -0.1) is 0 Å². The molecule has 0 radical (unpaired) electrons. The first-order valence-electron chi connectivity index (χ1n) is 7.57. The summed E-state index contributed by atoms with van der Waals surface area (Å²) in [5.74, 6) is 0.908. The third kappa shape index (κ3) is 5.48. The van der Waals surface area contributed by atoms with Gasteiger partial charge in [0.2, 0.25) is 5.88 Å². The summed E-state index contributed by atoms with van der Waals surface area (Å²) in [5.41, 5.74) is -0.458. The van der Waals surface area contributed by atoms with E-state index in [1.165, 1.54) is 0 Å². The van der Waals surface area contributed by atoms with Gasteiger partial charge in [-0.3, -0.25) is 0 Å². The molecule has 6 heteroatoms. The van der Waals surface area contributed by atoms with Gasteiger partial charge in [0, 0.05) is 25.1 Å². The standard InChI is InChI=1S/C16H23BrN2O3/c1-16(2,3)22-15(20)19-9-5-6-12(10-19)11-21-14-8-4-7-13(17)18-14/h4,7-8,12H,5-6,9-11H2,1-3H3/t12-/m0/s1. The third-order valence-electron chi connectivity index (χ3n) is 3.33. The average Bonchev–Trinajstić information content (AvgIpc) is 2.44. The Morgan fingerprint density at radius 3 is 2.91 bits per heavy atom. The summed E-state index contributed by atoms with van der Waals surface area (Å²) in [4.78, 5) is 18.1. The molecule has 1 aliphatic heterocycles. The number of amides is 1. The second-order valence-electron chi connectivity index (χ2n) is 6.54. The molecule has 1 aromatic heterocycles. The highest BCUT2D eigenvalue weighted by Crippen LogP contribution is 2.21. The lowest BCUT2D eigenvalue weighted by Crippen LogP contribution is -2.44. The van der Waals surface area contributed by atoms with Crippen molar-refractivity contribution in [1.82, 2.24) is 9.88 Å². The molecular weight excluding hydrogens is 348 g/mol. The number of pyridine rings is 1. The first kappa shape index (κ1) is 17.1. The van der Waals surface area contributed by atoms with Gasteiger partial charge in [0.05, 0.1) is 6.61 Å². The van der Waals surface area contributed by atoms with Crippen LogP contribution in [0.25, 0.3) is 0 Å². The van der Waals surface area contributed by atoms with Crippen molar-refractivity contribution in [3.63, 3.8) is 0 Å². The molecule has 0 bridgehead atoms. The summed E-state index contributed by atoms with van der Waals surface area (Å²) in [6.45, 7) is 7.63. The highest BCUT2D eigenvalue weighted by atomic mass is 79.9. The molecule has 1 aliphatic rings. The van der Waals surface area contributed by atoms with Gasteiger partial charge in [0.15, 0.2) is 0 Å². The van der Waals surface area contributed by atoms with Crippen LogP contribution >= 0.6 is 15.9 Å². The zero-order valence-electron chi connectivity index (χ0n) is 13.3. The fraction of sp³-hybridized carbons (Fsp3) is 0.625. The molecule has 0 aromatic carbocycles. The number of aromatic nitrogens is 1. The van der Waals surface area contributed by atoms with Crippen LogP contribution in [0.4, 0.5) is 4.79 Å². The lowest BCUT2D eigenvalue weighted by Gasteiger charge is -2.33. The number of ether oxygens (including phenoxy) is 2. The van der Waals surface area contributed by atoms with Crippen molar-refractivity contribution in [2.45, 2.75) is 39.2 Å². The van der Waals surface area contributed by atoms with Crippen molar-refractivity contribution < 1.29 is 14.3 Å². The van der Waals surface area contributed by atoms with Crippen LogP contribution in [0.3, 0.4) is 0 Å². The SMILES string of the molecule is CC(C)(C)OC(=O)N1CCC[C@H](COc2cccc(Br)n2)C1. The van der Waals surface area contributed by atoms with Crippen molar-refractivity contribution in [1.29, 1.82) is 0 Å². The molecule has 1 aromatic rings. The van der Waals surface area contributed by atoms with Crippen LogP contribution in [0.1, 0.15) is 33.6 Å². The van der Waals surface area contributed by atoms with Gasteiger partial charge in [-0.05, 0) is 55.6 Å². The molecule has 0 spiro atoms. The molecule has 1 saturated heterocycles. The minimum atomic E-state index is -0.458. The number of likely N-dealkylation sites (tertiary alicyclic amines) is 1. The van der Waals surface area contributed by atoms with Crippen molar-refractivity contribution in [2.24, 2.45) is 5.92 Å². The van der Waals surface area contributed by atoms with E-state index in [0.29, 0.717) is 24.9 Å². The molecule has 0 aliphatic carbocycles. The molecule has 122 valence electrons. The van der Waals surface area contributed by atoms with E-state index in [2.05, 4.69) is 20.9 Å². The van der Waals surface area contributed by atoms with E-state index >= 15 is 0 Å². The minimum absolute atomic E-state index is 0.238. The van der Waals surface area contributed by atoms with Gasteiger partial charge in [-0.25, -0.2) is 9.78 Å². The number of rotatable bonds is 3. The van der Waals surface area contributed by atoms with Gasteiger partial charge in [0.25, 0.3) is 0 Å². The fourth-order valence-electron chi connectivity index (χ4n) is 2.37. The molecule has 2 rings (SSSR count). The smallest absolute Gasteiger partial charge is 0.410 e. The van der Waals surface area contributed by atoms with Gasteiger partial charge in [0.1, 0.15) is 10.2 Å². The summed E-state index contributed by atoms with van der Waals surface area (Å²) in [7, 11) is 0.